The second-order valence-corrected chi connectivity index (χ2v) is 8.19. The van der Waals surface area contributed by atoms with Crippen molar-refractivity contribution in [1.29, 1.82) is 0 Å². The third-order valence-corrected chi connectivity index (χ3v) is 5.40. The van der Waals surface area contributed by atoms with Gasteiger partial charge in [-0.2, -0.15) is 0 Å². The van der Waals surface area contributed by atoms with Crippen molar-refractivity contribution in [2.75, 3.05) is 5.32 Å². The minimum Gasteiger partial charge on any atom is -0.320 e. The molecule has 10 heteroatoms. The van der Waals surface area contributed by atoms with Crippen LogP contribution >= 0.6 is 27.5 Å². The van der Waals surface area contributed by atoms with Crippen molar-refractivity contribution in [2.24, 2.45) is 0 Å². The molecule has 168 valence electrons. The summed E-state index contributed by atoms with van der Waals surface area (Å²) in [4.78, 5) is 36.3. The Bertz CT molecular complexity index is 1300. The first kappa shape index (κ1) is 24.1. The number of hydrogen-bond acceptors (Lipinski definition) is 4. The lowest BCUT2D eigenvalue weighted by Gasteiger charge is -2.13. The van der Waals surface area contributed by atoms with Crippen LogP contribution in [0.5, 0.6) is 0 Å². The first-order valence-electron chi connectivity index (χ1n) is 9.44. The number of carbonyl (C=O) groups excluding carboxylic acids is 2. The fourth-order valence-electron chi connectivity index (χ4n) is 2.83. The Hall–Kier alpha value is -3.56. The zero-order chi connectivity index (χ0) is 24.1. The minimum absolute atomic E-state index is 0.0488. The number of aryl methyl sites for hydroxylation is 1. The van der Waals surface area contributed by atoms with Crippen LogP contribution in [-0.2, 0) is 4.79 Å². The molecule has 0 bridgehead atoms. The van der Waals surface area contributed by atoms with Crippen LogP contribution in [0, 0.1) is 22.9 Å². The van der Waals surface area contributed by atoms with E-state index in [0.717, 1.165) is 17.7 Å². The fraction of sp³-hybridized carbons (Fsp3) is 0.0435. The van der Waals surface area contributed by atoms with E-state index in [0.29, 0.717) is 15.7 Å². The highest BCUT2D eigenvalue weighted by molar-refractivity contribution is 9.10. The van der Waals surface area contributed by atoms with Gasteiger partial charge in [0.1, 0.15) is 11.5 Å². The predicted molar refractivity (Wildman–Crippen MR) is 127 cm³/mol. The molecule has 0 heterocycles. The number of hydrogen-bond donors (Lipinski definition) is 2. The van der Waals surface area contributed by atoms with E-state index in [9.17, 15) is 24.1 Å². The van der Waals surface area contributed by atoms with Crippen LogP contribution in [0.1, 0.15) is 21.5 Å². The zero-order valence-electron chi connectivity index (χ0n) is 17.1. The molecule has 0 atom stereocenters. The van der Waals surface area contributed by atoms with Crippen molar-refractivity contribution in [3.63, 3.8) is 0 Å². The minimum atomic E-state index is -0.755. The molecular formula is C23H16BrClFN3O4. The first-order chi connectivity index (χ1) is 15.6. The Kier molecular flexibility index (Phi) is 7.57. The number of non-ortho nitro benzene ring substituents is 1. The standard InChI is InChI=1S/C23H16BrClFN3O4/c1-13-5-8-20(18(24)9-13)27-23(31)21(11-14-3-2-4-16(10-14)29(32)33)28-22(30)17-7-6-15(26)12-19(17)25/h2-12H,1H3,(H,27,31)(H,28,30)/b21-11-. The fourth-order valence-corrected chi connectivity index (χ4v) is 3.67. The molecule has 0 aliphatic carbocycles. The largest absolute Gasteiger partial charge is 0.320 e. The molecule has 3 aromatic rings. The molecule has 2 amide bonds. The van der Waals surface area contributed by atoms with Gasteiger partial charge >= 0.3 is 0 Å². The molecule has 3 aromatic carbocycles. The maximum Gasteiger partial charge on any atom is 0.272 e. The van der Waals surface area contributed by atoms with Gasteiger partial charge in [0.05, 0.1) is 21.2 Å². The predicted octanol–water partition coefficient (Wildman–Crippen LogP) is 5.87. The SMILES string of the molecule is Cc1ccc(NC(=O)/C(=C/c2cccc([N+](=O)[O-])c2)NC(=O)c2ccc(F)cc2Cl)c(Br)c1. The van der Waals surface area contributed by atoms with Gasteiger partial charge < -0.3 is 10.6 Å². The average molecular weight is 533 g/mol. The second-order valence-electron chi connectivity index (χ2n) is 6.93. The molecule has 0 aliphatic rings. The summed E-state index contributed by atoms with van der Waals surface area (Å²) in [5.41, 5.74) is 1.29. The molecule has 0 aliphatic heterocycles. The van der Waals surface area contributed by atoms with E-state index in [4.69, 9.17) is 11.6 Å². The van der Waals surface area contributed by atoms with E-state index >= 15 is 0 Å². The lowest BCUT2D eigenvalue weighted by molar-refractivity contribution is -0.384. The van der Waals surface area contributed by atoms with Gasteiger partial charge in [0.2, 0.25) is 0 Å². The van der Waals surface area contributed by atoms with Gasteiger partial charge in [-0.15, -0.1) is 0 Å². The molecule has 0 saturated carbocycles. The molecule has 33 heavy (non-hydrogen) atoms. The molecule has 0 saturated heterocycles. The molecule has 7 nitrogen and oxygen atoms in total. The number of rotatable bonds is 6. The zero-order valence-corrected chi connectivity index (χ0v) is 19.4. The van der Waals surface area contributed by atoms with Gasteiger partial charge in [-0.05, 0) is 70.4 Å². The number of benzene rings is 3. The summed E-state index contributed by atoms with van der Waals surface area (Å²) in [6.45, 7) is 1.89. The lowest BCUT2D eigenvalue weighted by Crippen LogP contribution is -2.31. The summed E-state index contributed by atoms with van der Waals surface area (Å²) in [7, 11) is 0. The van der Waals surface area contributed by atoms with Crippen LogP contribution in [0.4, 0.5) is 15.8 Å². The van der Waals surface area contributed by atoms with Crippen LogP contribution in [0.25, 0.3) is 6.08 Å². The van der Waals surface area contributed by atoms with Crippen molar-refractivity contribution in [2.45, 2.75) is 6.92 Å². The van der Waals surface area contributed by atoms with Crippen molar-refractivity contribution in [3.8, 4) is 0 Å². The number of halogens is 3. The number of nitro benzene ring substituents is 1. The van der Waals surface area contributed by atoms with E-state index in [1.165, 1.54) is 30.3 Å². The Balaban J connectivity index is 1.98. The number of amides is 2. The van der Waals surface area contributed by atoms with E-state index in [1.807, 2.05) is 6.92 Å². The van der Waals surface area contributed by atoms with Crippen molar-refractivity contribution >= 4 is 56.8 Å². The molecule has 0 aromatic heterocycles. The topological polar surface area (TPSA) is 101 Å². The van der Waals surface area contributed by atoms with Crippen molar-refractivity contribution < 1.29 is 18.9 Å². The summed E-state index contributed by atoms with van der Waals surface area (Å²) >= 11 is 9.34. The van der Waals surface area contributed by atoms with E-state index in [1.54, 1.807) is 24.3 Å². The van der Waals surface area contributed by atoms with Crippen molar-refractivity contribution in [1.82, 2.24) is 5.32 Å². The molecule has 0 unspecified atom stereocenters. The van der Waals surface area contributed by atoms with Crippen molar-refractivity contribution in [3.05, 3.63) is 108 Å². The Labute approximate surface area is 201 Å². The first-order valence-corrected chi connectivity index (χ1v) is 10.6. The van der Waals surface area contributed by atoms with E-state index in [-0.39, 0.29) is 22.0 Å². The van der Waals surface area contributed by atoms with Gasteiger partial charge in [0.15, 0.2) is 0 Å². The van der Waals surface area contributed by atoms with Gasteiger partial charge in [-0.1, -0.05) is 29.8 Å². The van der Waals surface area contributed by atoms with Crippen LogP contribution in [0.2, 0.25) is 5.02 Å². The number of carbonyl (C=O) groups is 2. The summed E-state index contributed by atoms with van der Waals surface area (Å²) in [6.07, 6.45) is 1.29. The van der Waals surface area contributed by atoms with Gasteiger partial charge in [-0.3, -0.25) is 19.7 Å². The Morgan fingerprint density at radius 2 is 1.88 bits per heavy atom. The normalized spacial score (nSPS) is 11.1. The highest BCUT2D eigenvalue weighted by Crippen LogP contribution is 2.24. The maximum absolute atomic E-state index is 13.3. The highest BCUT2D eigenvalue weighted by atomic mass is 79.9. The number of nitrogens with one attached hydrogen (secondary N) is 2. The second kappa shape index (κ2) is 10.4. The number of nitro groups is 1. The Morgan fingerprint density at radius 1 is 1.12 bits per heavy atom. The smallest absolute Gasteiger partial charge is 0.272 e. The third kappa shape index (κ3) is 6.24. The van der Waals surface area contributed by atoms with Gasteiger partial charge in [0.25, 0.3) is 17.5 Å². The average Bonchev–Trinajstić information content (AvgIpc) is 2.75. The number of anilines is 1. The number of nitrogens with zero attached hydrogens (tertiary/aromatic N) is 1. The molecular weight excluding hydrogens is 517 g/mol. The van der Waals surface area contributed by atoms with E-state index < -0.39 is 22.6 Å². The molecule has 0 spiro atoms. The molecule has 0 fully saturated rings. The summed E-state index contributed by atoms with van der Waals surface area (Å²) in [5, 5.41) is 16.1. The van der Waals surface area contributed by atoms with Crippen LogP contribution in [0.3, 0.4) is 0 Å². The molecule has 3 rings (SSSR count). The molecule has 0 radical (unpaired) electrons. The quantitative estimate of drug-likeness (QED) is 0.236. The monoisotopic (exact) mass is 531 g/mol. The van der Waals surface area contributed by atoms with Crippen LogP contribution < -0.4 is 10.6 Å². The highest BCUT2D eigenvalue weighted by Gasteiger charge is 2.18. The summed E-state index contributed by atoms with van der Waals surface area (Å²) in [6, 6.07) is 14.1. The summed E-state index contributed by atoms with van der Waals surface area (Å²) < 4.78 is 14.0. The van der Waals surface area contributed by atoms with Crippen LogP contribution in [-0.4, -0.2) is 16.7 Å². The lowest BCUT2D eigenvalue weighted by atomic mass is 10.1. The van der Waals surface area contributed by atoms with E-state index in [2.05, 4.69) is 26.6 Å². The Morgan fingerprint density at radius 3 is 2.55 bits per heavy atom. The van der Waals surface area contributed by atoms with Gasteiger partial charge in [0, 0.05) is 16.6 Å². The third-order valence-electron chi connectivity index (χ3n) is 4.43. The van der Waals surface area contributed by atoms with Gasteiger partial charge in [-0.25, -0.2) is 4.39 Å². The maximum atomic E-state index is 13.3. The molecule has 2 N–H and O–H groups in total. The summed E-state index contributed by atoms with van der Waals surface area (Å²) in [5.74, 6) is -2.06. The van der Waals surface area contributed by atoms with Crippen LogP contribution in [0.15, 0.2) is 70.8 Å².